The van der Waals surface area contributed by atoms with Gasteiger partial charge in [0, 0.05) is 40.4 Å². The van der Waals surface area contributed by atoms with Crippen molar-refractivity contribution in [3.05, 3.63) is 63.2 Å². The van der Waals surface area contributed by atoms with Crippen LogP contribution in [-0.4, -0.2) is 52.7 Å². The molecule has 196 valence electrons. The van der Waals surface area contributed by atoms with Crippen molar-refractivity contribution in [1.29, 1.82) is 0 Å². The number of nitrogens with one attached hydrogen (secondary N) is 2. The quantitative estimate of drug-likeness (QED) is 0.381. The number of fused-ring (bicyclic) bond motifs is 1. The van der Waals surface area contributed by atoms with Gasteiger partial charge in [0.1, 0.15) is 12.0 Å². The minimum absolute atomic E-state index is 0.136. The average Bonchev–Trinajstić information content (AvgIpc) is 3.14. The van der Waals surface area contributed by atoms with Crippen LogP contribution in [0.3, 0.4) is 0 Å². The first-order chi connectivity index (χ1) is 17.2. The Kier molecular flexibility index (Phi) is 8.12. The minimum atomic E-state index is -2.30. The van der Waals surface area contributed by atoms with Gasteiger partial charge < -0.3 is 19.4 Å². The number of H-pyrrole nitrogens is 1. The number of likely N-dealkylation sites (tertiary alicyclic amines) is 1. The second-order valence-corrected chi connectivity index (χ2v) is 9.77. The smallest absolute Gasteiger partial charge is 0.256 e. The summed E-state index contributed by atoms with van der Waals surface area (Å²) in [6, 6.07) is 9.88. The zero-order valence-electron chi connectivity index (χ0n) is 21.4. The first-order valence-electron chi connectivity index (χ1n) is 12.5. The summed E-state index contributed by atoms with van der Waals surface area (Å²) >= 11 is 0. The summed E-state index contributed by atoms with van der Waals surface area (Å²) in [4.78, 5) is 17.1. The monoisotopic (exact) mass is 502 g/mol. The molecule has 0 radical (unpaired) electrons. The number of pyridine rings is 1. The molecule has 2 aromatic heterocycles. The lowest BCUT2D eigenvalue weighted by Gasteiger charge is -2.36. The van der Waals surface area contributed by atoms with Gasteiger partial charge in [0.15, 0.2) is 0 Å². The van der Waals surface area contributed by atoms with Crippen LogP contribution in [0.25, 0.3) is 10.9 Å². The van der Waals surface area contributed by atoms with E-state index in [-0.39, 0.29) is 24.7 Å². The number of aliphatic hydroxyl groups is 1. The zero-order valence-corrected chi connectivity index (χ0v) is 21.4. The van der Waals surface area contributed by atoms with Crippen LogP contribution >= 0.6 is 0 Å². The highest BCUT2D eigenvalue weighted by molar-refractivity contribution is 5.86. The molecule has 1 fully saturated rings. The second kappa shape index (κ2) is 11.1. The van der Waals surface area contributed by atoms with Crippen LogP contribution in [0.1, 0.15) is 54.5 Å². The van der Waals surface area contributed by atoms with E-state index in [0.717, 1.165) is 35.0 Å². The molecule has 0 bridgehead atoms. The van der Waals surface area contributed by atoms with Gasteiger partial charge in [0.25, 0.3) is 12.0 Å². The average molecular weight is 503 g/mol. The lowest BCUT2D eigenvalue weighted by atomic mass is 9.90. The third kappa shape index (κ3) is 5.33. The van der Waals surface area contributed by atoms with Crippen molar-refractivity contribution < 1.29 is 18.6 Å². The van der Waals surface area contributed by atoms with E-state index in [9.17, 15) is 18.7 Å². The fourth-order valence-electron chi connectivity index (χ4n) is 5.65. The number of hydrogen-bond donors (Lipinski definition) is 3. The van der Waals surface area contributed by atoms with Crippen LogP contribution in [0.15, 0.2) is 35.1 Å². The number of aliphatic hydroxyl groups excluding tert-OH is 1. The predicted octanol–water partition coefficient (Wildman–Crippen LogP) is 4.27. The standard InChI is InChI=1S/C27H36F2N4O3/c1-16-13-23(36-4)21(26(34)31-16)14-30-27(35)25-18(3)33(22-8-6-5-7-20(22)25)17(2)19-9-11-32(12-10-19)15-24(28)29/h5-8,13,17,19,24,27,30,35H,9-12,14-15H2,1-4H3,(H,31,34). The summed E-state index contributed by atoms with van der Waals surface area (Å²) < 4.78 is 33.2. The Labute approximate surface area is 210 Å². The zero-order chi connectivity index (χ0) is 26.0. The highest BCUT2D eigenvalue weighted by atomic mass is 19.3. The van der Waals surface area contributed by atoms with E-state index >= 15 is 0 Å². The summed E-state index contributed by atoms with van der Waals surface area (Å²) in [6.07, 6.45) is -1.60. The molecule has 2 unspecified atom stereocenters. The van der Waals surface area contributed by atoms with Crippen LogP contribution in [0, 0.1) is 19.8 Å². The molecule has 1 aliphatic rings. The van der Waals surface area contributed by atoms with Crippen LogP contribution in [0.4, 0.5) is 8.78 Å². The Balaban J connectivity index is 1.58. The second-order valence-electron chi connectivity index (χ2n) is 9.77. The number of aryl methyl sites for hydroxylation is 1. The number of hydrogen-bond acceptors (Lipinski definition) is 5. The van der Waals surface area contributed by atoms with Gasteiger partial charge in [0.05, 0.1) is 19.2 Å². The van der Waals surface area contributed by atoms with Crippen molar-refractivity contribution in [1.82, 2.24) is 19.8 Å². The predicted molar refractivity (Wildman–Crippen MR) is 137 cm³/mol. The molecule has 36 heavy (non-hydrogen) atoms. The summed E-state index contributed by atoms with van der Waals surface area (Å²) in [5, 5.41) is 15.3. The molecule has 1 aromatic carbocycles. The number of ether oxygens (including phenoxy) is 1. The summed E-state index contributed by atoms with van der Waals surface area (Å²) in [5.74, 6) is 0.823. The first kappa shape index (κ1) is 26.3. The van der Waals surface area contributed by atoms with Crippen molar-refractivity contribution in [3.63, 3.8) is 0 Å². The number of methoxy groups -OCH3 is 1. The Morgan fingerprint density at radius 2 is 1.92 bits per heavy atom. The van der Waals surface area contributed by atoms with Crippen LogP contribution in [0.2, 0.25) is 0 Å². The number of rotatable bonds is 9. The molecule has 2 atom stereocenters. The Morgan fingerprint density at radius 3 is 2.58 bits per heavy atom. The number of benzene rings is 1. The SMILES string of the molecule is COc1cc(C)[nH]c(=O)c1CNC(O)c1c(C)n(C(C)C2CCN(CC(F)F)CC2)c2ccccc12. The van der Waals surface area contributed by atoms with E-state index in [0.29, 0.717) is 36.0 Å². The number of aromatic nitrogens is 2. The van der Waals surface area contributed by atoms with Crippen LogP contribution in [0.5, 0.6) is 5.75 Å². The highest BCUT2D eigenvalue weighted by Gasteiger charge is 2.29. The largest absolute Gasteiger partial charge is 0.496 e. The summed E-state index contributed by atoms with van der Waals surface area (Å²) in [6.45, 7) is 7.27. The van der Waals surface area contributed by atoms with Crippen LogP contribution in [-0.2, 0) is 6.54 Å². The topological polar surface area (TPSA) is 82.5 Å². The normalized spacial score (nSPS) is 17.1. The third-order valence-corrected chi connectivity index (χ3v) is 7.52. The van der Waals surface area contributed by atoms with Gasteiger partial charge in [-0.1, -0.05) is 18.2 Å². The van der Waals surface area contributed by atoms with E-state index in [2.05, 4.69) is 27.9 Å². The molecule has 1 saturated heterocycles. The minimum Gasteiger partial charge on any atom is -0.496 e. The van der Waals surface area contributed by atoms with E-state index in [4.69, 9.17) is 4.74 Å². The van der Waals surface area contributed by atoms with Gasteiger partial charge in [-0.3, -0.25) is 15.0 Å². The Hall–Kier alpha value is -2.75. The molecule has 4 rings (SSSR count). The van der Waals surface area contributed by atoms with Gasteiger partial charge in [-0.15, -0.1) is 0 Å². The lowest BCUT2D eigenvalue weighted by Crippen LogP contribution is -2.38. The first-order valence-corrected chi connectivity index (χ1v) is 12.5. The lowest BCUT2D eigenvalue weighted by molar-refractivity contribution is 0.0630. The number of piperidine rings is 1. The molecule has 1 aliphatic heterocycles. The molecule has 0 spiro atoms. The molecule has 0 saturated carbocycles. The van der Waals surface area contributed by atoms with Crippen molar-refractivity contribution >= 4 is 10.9 Å². The third-order valence-electron chi connectivity index (χ3n) is 7.52. The molecule has 3 N–H and O–H groups in total. The van der Waals surface area contributed by atoms with Crippen molar-refractivity contribution in [3.8, 4) is 5.75 Å². The van der Waals surface area contributed by atoms with Gasteiger partial charge in [-0.2, -0.15) is 0 Å². The van der Waals surface area contributed by atoms with E-state index < -0.39 is 12.7 Å². The van der Waals surface area contributed by atoms with Crippen molar-refractivity contribution in [2.24, 2.45) is 5.92 Å². The maximum absolute atomic E-state index is 12.8. The summed E-state index contributed by atoms with van der Waals surface area (Å²) in [7, 11) is 1.52. The summed E-state index contributed by atoms with van der Waals surface area (Å²) in [5.41, 5.74) is 3.62. The Morgan fingerprint density at radius 1 is 1.22 bits per heavy atom. The van der Waals surface area contributed by atoms with E-state index in [1.807, 2.05) is 30.0 Å². The molecular weight excluding hydrogens is 466 g/mol. The number of nitrogens with zero attached hydrogens (tertiary/aromatic N) is 2. The number of aromatic amines is 1. The van der Waals surface area contributed by atoms with Gasteiger partial charge in [-0.05, 0) is 64.8 Å². The van der Waals surface area contributed by atoms with E-state index in [1.165, 1.54) is 7.11 Å². The Bertz CT molecular complexity index is 1250. The maximum atomic E-state index is 12.8. The van der Waals surface area contributed by atoms with Crippen molar-refractivity contribution in [2.45, 2.75) is 58.9 Å². The van der Waals surface area contributed by atoms with Crippen molar-refractivity contribution in [2.75, 3.05) is 26.7 Å². The van der Waals surface area contributed by atoms with Crippen LogP contribution < -0.4 is 15.6 Å². The number of halogens is 2. The highest BCUT2D eigenvalue weighted by Crippen LogP contribution is 2.37. The molecule has 0 aliphatic carbocycles. The molecule has 7 nitrogen and oxygen atoms in total. The maximum Gasteiger partial charge on any atom is 0.256 e. The fraction of sp³-hybridized carbons (Fsp3) is 0.519. The van der Waals surface area contributed by atoms with Gasteiger partial charge >= 0.3 is 0 Å². The fourth-order valence-corrected chi connectivity index (χ4v) is 5.65. The number of alkyl halides is 2. The molecule has 3 heterocycles. The molecule has 3 aromatic rings. The van der Waals surface area contributed by atoms with Gasteiger partial charge in [0.2, 0.25) is 0 Å². The molecular formula is C27H36F2N4O3. The molecule has 9 heteroatoms. The van der Waals surface area contributed by atoms with Gasteiger partial charge in [-0.25, -0.2) is 8.78 Å². The molecule has 0 amide bonds. The van der Waals surface area contributed by atoms with E-state index in [1.54, 1.807) is 13.0 Å². The number of para-hydroxylation sites is 1.